The second-order valence-electron chi connectivity index (χ2n) is 7.50. The number of nitrogens with zero attached hydrogens (tertiary/aromatic N) is 2. The molecule has 2 aromatic carbocycles. The van der Waals surface area contributed by atoms with E-state index in [0.717, 1.165) is 11.1 Å². The van der Waals surface area contributed by atoms with Gasteiger partial charge in [0.2, 0.25) is 6.79 Å². The molecule has 2 aliphatic rings. The van der Waals surface area contributed by atoms with Crippen LogP contribution in [-0.2, 0) is 9.53 Å². The molecule has 0 unspecified atom stereocenters. The first-order valence-electron chi connectivity index (χ1n) is 10.3. The van der Waals surface area contributed by atoms with Crippen molar-refractivity contribution in [1.82, 2.24) is 4.57 Å². The molecule has 0 saturated heterocycles. The van der Waals surface area contributed by atoms with Gasteiger partial charge in [-0.2, -0.15) is 0 Å². The zero-order valence-electron chi connectivity index (χ0n) is 18.0. The highest BCUT2D eigenvalue weighted by molar-refractivity contribution is 7.07. The van der Waals surface area contributed by atoms with E-state index in [1.54, 1.807) is 17.6 Å². The number of allylic oxidation sites excluding steroid dienone is 2. The van der Waals surface area contributed by atoms with Crippen LogP contribution in [0.25, 0.3) is 12.2 Å². The van der Waals surface area contributed by atoms with Crippen LogP contribution in [0.5, 0.6) is 11.5 Å². The van der Waals surface area contributed by atoms with Gasteiger partial charge < -0.3 is 14.2 Å². The number of carbonyl (C=O) groups excluding carboxylic acids is 1. The first-order chi connectivity index (χ1) is 16.0. The zero-order chi connectivity index (χ0) is 22.9. The van der Waals surface area contributed by atoms with Crippen molar-refractivity contribution in [2.45, 2.75) is 13.0 Å². The molecule has 0 fully saturated rings. The van der Waals surface area contributed by atoms with E-state index in [2.05, 4.69) is 4.99 Å². The summed E-state index contributed by atoms with van der Waals surface area (Å²) in [6.07, 6.45) is 5.52. The molecule has 0 amide bonds. The molecule has 8 heteroatoms. The van der Waals surface area contributed by atoms with Crippen LogP contribution in [-0.4, -0.2) is 24.4 Å². The Morgan fingerprint density at radius 2 is 1.94 bits per heavy atom. The van der Waals surface area contributed by atoms with Gasteiger partial charge in [-0.05, 0) is 36.3 Å². The van der Waals surface area contributed by atoms with Crippen LogP contribution in [0.15, 0.2) is 75.7 Å². The van der Waals surface area contributed by atoms with Gasteiger partial charge in [-0.25, -0.2) is 9.79 Å². The fourth-order valence-electron chi connectivity index (χ4n) is 3.84. The summed E-state index contributed by atoms with van der Waals surface area (Å²) in [7, 11) is 1.32. The third-order valence-corrected chi connectivity index (χ3v) is 6.42. The van der Waals surface area contributed by atoms with Gasteiger partial charge in [0.1, 0.15) is 0 Å². The highest BCUT2D eigenvalue weighted by Crippen LogP contribution is 2.32. The smallest absolute Gasteiger partial charge is 0.338 e. The number of methoxy groups -OCH3 is 1. The Kier molecular flexibility index (Phi) is 5.43. The molecule has 166 valence electrons. The Bertz CT molecular complexity index is 1480. The van der Waals surface area contributed by atoms with Crippen molar-refractivity contribution in [3.05, 3.63) is 96.7 Å². The van der Waals surface area contributed by atoms with Crippen molar-refractivity contribution in [2.75, 3.05) is 13.9 Å². The van der Waals surface area contributed by atoms with Crippen molar-refractivity contribution < 1.29 is 19.0 Å². The highest BCUT2D eigenvalue weighted by Gasteiger charge is 2.30. The predicted molar refractivity (Wildman–Crippen MR) is 125 cm³/mol. The van der Waals surface area contributed by atoms with E-state index in [1.807, 2.05) is 60.7 Å². The predicted octanol–water partition coefficient (Wildman–Crippen LogP) is 2.80. The van der Waals surface area contributed by atoms with Crippen molar-refractivity contribution in [3.8, 4) is 11.5 Å². The number of rotatable bonds is 4. The van der Waals surface area contributed by atoms with Crippen LogP contribution in [0.1, 0.15) is 24.1 Å². The maximum absolute atomic E-state index is 13.5. The third kappa shape index (κ3) is 3.89. The SMILES string of the molecule is COC(=O)C1=C(C)N=c2s/c(=C\c3ccc4c(c3)OCO4)c(=O)n2[C@@H]1/C=C/c1ccccc1. The average molecular weight is 461 g/mol. The minimum absolute atomic E-state index is 0.185. The summed E-state index contributed by atoms with van der Waals surface area (Å²) in [5, 5.41) is 0. The lowest BCUT2D eigenvalue weighted by atomic mass is 10.0. The summed E-state index contributed by atoms with van der Waals surface area (Å²) in [5.74, 6) is 0.811. The lowest BCUT2D eigenvalue weighted by Gasteiger charge is -2.21. The Balaban J connectivity index is 1.64. The average Bonchev–Trinajstić information content (AvgIpc) is 3.41. The number of fused-ring (bicyclic) bond motifs is 2. The van der Waals surface area contributed by atoms with Crippen molar-refractivity contribution >= 4 is 29.5 Å². The second-order valence-corrected chi connectivity index (χ2v) is 8.51. The van der Waals surface area contributed by atoms with E-state index in [9.17, 15) is 9.59 Å². The molecule has 5 rings (SSSR count). The summed E-state index contributed by atoms with van der Waals surface area (Å²) in [5.41, 5.74) is 2.41. The van der Waals surface area contributed by atoms with Crippen LogP contribution in [0.2, 0.25) is 0 Å². The van der Waals surface area contributed by atoms with E-state index >= 15 is 0 Å². The molecule has 2 aliphatic heterocycles. The number of hydrogen-bond donors (Lipinski definition) is 0. The third-order valence-electron chi connectivity index (χ3n) is 5.43. The summed E-state index contributed by atoms with van der Waals surface area (Å²) in [4.78, 5) is 31.1. The van der Waals surface area contributed by atoms with Crippen LogP contribution >= 0.6 is 11.3 Å². The Morgan fingerprint density at radius 3 is 2.73 bits per heavy atom. The number of carbonyl (C=O) groups is 1. The molecule has 0 radical (unpaired) electrons. The Labute approximate surface area is 193 Å². The van der Waals surface area contributed by atoms with Gasteiger partial charge in [0.15, 0.2) is 16.3 Å². The maximum Gasteiger partial charge on any atom is 0.338 e. The van der Waals surface area contributed by atoms with Gasteiger partial charge in [0, 0.05) is 0 Å². The molecule has 1 aromatic heterocycles. The van der Waals surface area contributed by atoms with E-state index in [4.69, 9.17) is 14.2 Å². The summed E-state index contributed by atoms with van der Waals surface area (Å²) in [6, 6.07) is 14.6. The first kappa shape index (κ1) is 21.0. The quantitative estimate of drug-likeness (QED) is 0.560. The summed E-state index contributed by atoms with van der Waals surface area (Å²) < 4.78 is 17.8. The Hall–Kier alpha value is -3.91. The Morgan fingerprint density at radius 1 is 1.15 bits per heavy atom. The molecule has 0 saturated carbocycles. The number of esters is 1. The number of ether oxygens (including phenoxy) is 3. The molecule has 0 aliphatic carbocycles. The monoisotopic (exact) mass is 460 g/mol. The van der Waals surface area contributed by atoms with Gasteiger partial charge in [0.05, 0.1) is 29.0 Å². The molecule has 3 heterocycles. The first-order valence-corrected chi connectivity index (χ1v) is 11.1. The fourth-order valence-corrected chi connectivity index (χ4v) is 4.89. The van der Waals surface area contributed by atoms with E-state index in [-0.39, 0.29) is 12.4 Å². The van der Waals surface area contributed by atoms with Gasteiger partial charge >= 0.3 is 5.97 Å². The van der Waals surface area contributed by atoms with Crippen LogP contribution in [0, 0.1) is 0 Å². The maximum atomic E-state index is 13.5. The van der Waals surface area contributed by atoms with Gasteiger partial charge in [0.25, 0.3) is 5.56 Å². The lowest BCUT2D eigenvalue weighted by molar-refractivity contribution is -0.136. The molecule has 33 heavy (non-hydrogen) atoms. The van der Waals surface area contributed by atoms with Crippen LogP contribution in [0.3, 0.4) is 0 Å². The molecule has 0 spiro atoms. The molecule has 7 nitrogen and oxygen atoms in total. The molecule has 0 N–H and O–H groups in total. The number of benzene rings is 2. The topological polar surface area (TPSA) is 79.1 Å². The zero-order valence-corrected chi connectivity index (χ0v) is 18.8. The molecule has 3 aromatic rings. The largest absolute Gasteiger partial charge is 0.466 e. The standard InChI is InChI=1S/C25H20N2O5S/c1-15-22(24(29)30-2)18(10-8-16-6-4-3-5-7-16)27-23(28)21(33-25(27)26-15)13-17-9-11-19-20(12-17)32-14-31-19/h3-13,18H,14H2,1-2H3/b10-8+,21-13-/t18-/m1/s1. The van der Waals surface area contributed by atoms with Gasteiger partial charge in [-0.3, -0.25) is 9.36 Å². The summed E-state index contributed by atoms with van der Waals surface area (Å²) >= 11 is 1.28. The van der Waals surface area contributed by atoms with E-state index < -0.39 is 12.0 Å². The summed E-state index contributed by atoms with van der Waals surface area (Å²) in [6.45, 7) is 1.94. The fraction of sp³-hybridized carbons (Fsp3) is 0.160. The van der Waals surface area contributed by atoms with Crippen molar-refractivity contribution in [2.24, 2.45) is 4.99 Å². The molecular weight excluding hydrogens is 440 g/mol. The minimum atomic E-state index is -0.632. The van der Waals surface area contributed by atoms with E-state index in [0.29, 0.717) is 32.1 Å². The lowest BCUT2D eigenvalue weighted by Crippen LogP contribution is -2.38. The molecular formula is C25H20N2O5S. The van der Waals surface area contributed by atoms with Crippen molar-refractivity contribution in [1.29, 1.82) is 0 Å². The van der Waals surface area contributed by atoms with Crippen LogP contribution < -0.4 is 24.4 Å². The minimum Gasteiger partial charge on any atom is -0.466 e. The second kappa shape index (κ2) is 8.55. The van der Waals surface area contributed by atoms with Crippen molar-refractivity contribution in [3.63, 3.8) is 0 Å². The number of hydrogen-bond acceptors (Lipinski definition) is 7. The molecule has 1 atom stereocenters. The number of thiazole rings is 1. The van der Waals surface area contributed by atoms with E-state index in [1.165, 1.54) is 18.4 Å². The van der Waals surface area contributed by atoms with Crippen LogP contribution in [0.4, 0.5) is 0 Å². The molecule has 0 bridgehead atoms. The van der Waals surface area contributed by atoms with Gasteiger partial charge in [-0.15, -0.1) is 0 Å². The highest BCUT2D eigenvalue weighted by atomic mass is 32.1. The normalized spacial score (nSPS) is 17.3. The number of aromatic nitrogens is 1. The van der Waals surface area contributed by atoms with Gasteiger partial charge in [-0.1, -0.05) is 59.9 Å².